The summed E-state index contributed by atoms with van der Waals surface area (Å²) in [6, 6.07) is 7.18. The molecule has 1 unspecified atom stereocenters. The van der Waals surface area contributed by atoms with Gasteiger partial charge in [0.15, 0.2) is 9.84 Å². The largest absolute Gasteiger partial charge is 0.316 e. The molecule has 2 rings (SSSR count). The van der Waals surface area contributed by atoms with Gasteiger partial charge in [-0.2, -0.15) is 0 Å². The number of nitrogens with one attached hydrogen (secondary N) is 1. The summed E-state index contributed by atoms with van der Waals surface area (Å²) in [6.45, 7) is 1.25. The number of hydrogen-bond donors (Lipinski definition) is 1. The zero-order chi connectivity index (χ0) is 11.6. The average Bonchev–Trinajstić information content (AvgIpc) is 2.40. The Morgan fingerprint density at radius 3 is 2.65 bits per heavy atom. The van der Waals surface area contributed by atoms with Crippen LogP contribution in [-0.2, 0) is 9.84 Å². The summed E-state index contributed by atoms with van der Waals surface area (Å²) in [5.74, 6) is 0.183. The lowest BCUT2D eigenvalue weighted by atomic mass is 10.1. The summed E-state index contributed by atoms with van der Waals surface area (Å²) in [5.41, 5.74) is 0.730. The van der Waals surface area contributed by atoms with Crippen molar-refractivity contribution in [1.29, 1.82) is 0 Å². The lowest BCUT2D eigenvalue weighted by molar-refractivity contribution is 0.581. The molecule has 1 aromatic rings. The summed E-state index contributed by atoms with van der Waals surface area (Å²) in [5, 5.41) is 3.18. The zero-order valence-electron chi connectivity index (χ0n) is 9.23. The quantitative estimate of drug-likeness (QED) is 0.864. The molecule has 1 fully saturated rings. The number of hydrogen-bond acceptors (Lipinski definition) is 3. The van der Waals surface area contributed by atoms with Crippen molar-refractivity contribution in [3.8, 4) is 0 Å². The molecule has 1 atom stereocenters. The zero-order valence-corrected chi connectivity index (χ0v) is 11.6. The van der Waals surface area contributed by atoms with E-state index in [0.29, 0.717) is 18.0 Å². The predicted molar refractivity (Wildman–Crippen MR) is 72.7 cm³/mol. The Balaban J connectivity index is 0.00000144. The van der Waals surface area contributed by atoms with Crippen molar-refractivity contribution < 1.29 is 8.42 Å². The molecule has 1 saturated heterocycles. The summed E-state index contributed by atoms with van der Waals surface area (Å²) in [7, 11) is -3.08. The van der Waals surface area contributed by atoms with Gasteiger partial charge >= 0.3 is 0 Å². The first kappa shape index (κ1) is 14.8. The topological polar surface area (TPSA) is 46.2 Å². The molecule has 0 bridgehead atoms. The maximum atomic E-state index is 12.1. The molecule has 0 radical (unpaired) electrons. The Kier molecular flexibility index (Phi) is 5.25. The van der Waals surface area contributed by atoms with Crippen LogP contribution in [-0.4, -0.2) is 27.3 Å². The molecule has 96 valence electrons. The van der Waals surface area contributed by atoms with Crippen LogP contribution in [0.4, 0.5) is 0 Å². The van der Waals surface area contributed by atoms with Gasteiger partial charge in [0, 0.05) is 11.6 Å². The molecule has 0 spiro atoms. The molecule has 0 amide bonds. The third-order valence-corrected chi connectivity index (χ3v) is 5.31. The van der Waals surface area contributed by atoms with Gasteiger partial charge in [-0.1, -0.05) is 29.8 Å². The lowest BCUT2D eigenvalue weighted by Gasteiger charge is -2.15. The summed E-state index contributed by atoms with van der Waals surface area (Å²) in [6.07, 6.45) is 0.589. The SMILES string of the molecule is Cl.O=S1(=O)CCNCCC1c1ccccc1Cl. The van der Waals surface area contributed by atoms with Gasteiger partial charge in [-0.3, -0.25) is 0 Å². The highest BCUT2D eigenvalue weighted by atomic mass is 35.5. The monoisotopic (exact) mass is 295 g/mol. The van der Waals surface area contributed by atoms with Crippen molar-refractivity contribution in [3.05, 3.63) is 34.9 Å². The van der Waals surface area contributed by atoms with E-state index in [1.54, 1.807) is 12.1 Å². The van der Waals surface area contributed by atoms with Crippen LogP contribution in [0.3, 0.4) is 0 Å². The van der Waals surface area contributed by atoms with Crippen LogP contribution in [0.2, 0.25) is 5.02 Å². The normalized spacial score (nSPS) is 23.5. The van der Waals surface area contributed by atoms with Crippen LogP contribution in [0.1, 0.15) is 17.2 Å². The fourth-order valence-electron chi connectivity index (χ4n) is 1.98. The van der Waals surface area contributed by atoms with E-state index in [4.69, 9.17) is 11.6 Å². The molecule has 0 aliphatic carbocycles. The van der Waals surface area contributed by atoms with Crippen molar-refractivity contribution in [1.82, 2.24) is 5.32 Å². The van der Waals surface area contributed by atoms with Crippen molar-refractivity contribution in [2.45, 2.75) is 11.7 Å². The first-order chi connectivity index (χ1) is 7.61. The van der Waals surface area contributed by atoms with Gasteiger partial charge in [0.2, 0.25) is 0 Å². The fraction of sp³-hybridized carbons (Fsp3) is 0.455. The Bertz CT molecular complexity index is 476. The molecule has 1 N–H and O–H groups in total. The van der Waals surface area contributed by atoms with Gasteiger partial charge in [-0.25, -0.2) is 8.42 Å². The average molecular weight is 296 g/mol. The van der Waals surface area contributed by atoms with Crippen LogP contribution >= 0.6 is 24.0 Å². The van der Waals surface area contributed by atoms with E-state index in [1.165, 1.54) is 0 Å². The van der Waals surface area contributed by atoms with Crippen molar-refractivity contribution in [2.75, 3.05) is 18.8 Å². The van der Waals surface area contributed by atoms with E-state index < -0.39 is 15.1 Å². The molecule has 17 heavy (non-hydrogen) atoms. The molecular weight excluding hydrogens is 281 g/mol. The molecule has 1 heterocycles. The van der Waals surface area contributed by atoms with Crippen LogP contribution in [0.25, 0.3) is 0 Å². The highest BCUT2D eigenvalue weighted by molar-refractivity contribution is 7.91. The molecule has 1 aromatic carbocycles. The van der Waals surface area contributed by atoms with Gasteiger partial charge in [-0.15, -0.1) is 12.4 Å². The van der Waals surface area contributed by atoms with Gasteiger partial charge in [0.25, 0.3) is 0 Å². The van der Waals surface area contributed by atoms with E-state index in [1.807, 2.05) is 12.1 Å². The fourth-order valence-corrected chi connectivity index (χ4v) is 4.09. The second-order valence-electron chi connectivity index (χ2n) is 3.92. The predicted octanol–water partition coefficient (Wildman–Crippen LogP) is 2.21. The molecule has 0 saturated carbocycles. The van der Waals surface area contributed by atoms with Gasteiger partial charge in [0.05, 0.1) is 11.0 Å². The molecule has 1 aliphatic heterocycles. The molecule has 6 heteroatoms. The smallest absolute Gasteiger partial charge is 0.158 e. The minimum absolute atomic E-state index is 0. The maximum Gasteiger partial charge on any atom is 0.158 e. The third-order valence-electron chi connectivity index (χ3n) is 2.83. The van der Waals surface area contributed by atoms with Crippen molar-refractivity contribution in [3.63, 3.8) is 0 Å². The lowest BCUT2D eigenvalue weighted by Crippen LogP contribution is -2.19. The van der Waals surface area contributed by atoms with E-state index >= 15 is 0 Å². The summed E-state index contributed by atoms with van der Waals surface area (Å²) >= 11 is 6.05. The van der Waals surface area contributed by atoms with Crippen LogP contribution < -0.4 is 5.32 Å². The van der Waals surface area contributed by atoms with Gasteiger partial charge < -0.3 is 5.32 Å². The number of rotatable bonds is 1. The van der Waals surface area contributed by atoms with Gasteiger partial charge in [-0.05, 0) is 24.6 Å². The Labute approximate surface area is 113 Å². The number of sulfone groups is 1. The molecule has 1 aliphatic rings. The van der Waals surface area contributed by atoms with Crippen LogP contribution in [0.15, 0.2) is 24.3 Å². The maximum absolute atomic E-state index is 12.1. The van der Waals surface area contributed by atoms with E-state index in [2.05, 4.69) is 5.32 Å². The second kappa shape index (κ2) is 6.05. The summed E-state index contributed by atoms with van der Waals surface area (Å²) in [4.78, 5) is 0. The minimum atomic E-state index is -3.08. The third kappa shape index (κ3) is 3.35. The number of benzene rings is 1. The standard InChI is InChI=1S/C11H14ClNO2S.ClH/c12-10-4-2-1-3-9(10)11-5-6-13-7-8-16(11,14)15;/h1-4,11,13H,5-8H2;1H. The van der Waals surface area contributed by atoms with E-state index in [-0.39, 0.29) is 18.2 Å². The van der Waals surface area contributed by atoms with Crippen LogP contribution in [0.5, 0.6) is 0 Å². The first-order valence-corrected chi connectivity index (χ1v) is 7.37. The molecular formula is C11H15Cl2NO2S. The van der Waals surface area contributed by atoms with Crippen molar-refractivity contribution >= 4 is 33.8 Å². The summed E-state index contributed by atoms with van der Waals surface area (Å²) < 4.78 is 24.1. The van der Waals surface area contributed by atoms with E-state index in [9.17, 15) is 8.42 Å². The number of halogens is 2. The molecule has 3 nitrogen and oxygen atoms in total. The second-order valence-corrected chi connectivity index (χ2v) is 6.63. The van der Waals surface area contributed by atoms with Crippen molar-refractivity contribution in [2.24, 2.45) is 0 Å². The highest BCUT2D eigenvalue weighted by Gasteiger charge is 2.29. The Morgan fingerprint density at radius 1 is 1.24 bits per heavy atom. The van der Waals surface area contributed by atoms with Gasteiger partial charge in [0.1, 0.15) is 0 Å². The Hall–Kier alpha value is -0.290. The van der Waals surface area contributed by atoms with E-state index in [0.717, 1.165) is 12.1 Å². The first-order valence-electron chi connectivity index (χ1n) is 5.28. The minimum Gasteiger partial charge on any atom is -0.316 e. The van der Waals surface area contributed by atoms with Crippen LogP contribution in [0, 0.1) is 0 Å². The molecule has 0 aromatic heterocycles. The Morgan fingerprint density at radius 2 is 1.94 bits per heavy atom. The highest BCUT2D eigenvalue weighted by Crippen LogP contribution is 2.32.